The summed E-state index contributed by atoms with van der Waals surface area (Å²) in [6.07, 6.45) is 17.4. The Hall–Kier alpha value is -0.340. The lowest BCUT2D eigenvalue weighted by atomic mass is 9.93. The lowest BCUT2D eigenvalue weighted by Gasteiger charge is -2.41. The maximum Gasteiger partial charge on any atom is 0.0281 e. The van der Waals surface area contributed by atoms with E-state index in [4.69, 9.17) is 0 Å². The van der Waals surface area contributed by atoms with Crippen LogP contribution in [0.4, 0.5) is 0 Å². The summed E-state index contributed by atoms with van der Waals surface area (Å²) in [4.78, 5) is 2.81. The summed E-state index contributed by atoms with van der Waals surface area (Å²) in [6.45, 7) is 2.49. The van der Waals surface area contributed by atoms with Crippen molar-refractivity contribution in [3.05, 3.63) is 12.2 Å². The maximum absolute atomic E-state index is 3.32. The predicted molar refractivity (Wildman–Crippen MR) is 78.9 cm³/mol. The molecule has 0 amide bonds. The van der Waals surface area contributed by atoms with Gasteiger partial charge in [-0.3, -0.25) is 4.90 Å². The molecule has 104 valence electrons. The molecule has 2 nitrogen and oxygen atoms in total. The monoisotopic (exact) mass is 250 g/mol. The van der Waals surface area contributed by atoms with E-state index < -0.39 is 0 Å². The first-order valence-corrected chi connectivity index (χ1v) is 7.99. The average molecular weight is 250 g/mol. The van der Waals surface area contributed by atoms with E-state index in [0.29, 0.717) is 0 Å². The van der Waals surface area contributed by atoms with E-state index in [1.807, 2.05) is 0 Å². The normalized spacial score (nSPS) is 32.7. The van der Waals surface area contributed by atoms with Gasteiger partial charge in [-0.15, -0.1) is 0 Å². The highest BCUT2D eigenvalue weighted by Crippen LogP contribution is 2.26. The van der Waals surface area contributed by atoms with Crippen molar-refractivity contribution in [3.63, 3.8) is 0 Å². The van der Waals surface area contributed by atoms with E-state index in [9.17, 15) is 0 Å². The number of nitrogens with one attached hydrogen (secondary N) is 1. The number of hydrogen-bond donors (Lipinski definition) is 1. The average Bonchev–Trinajstić information content (AvgIpc) is 2.37. The Kier molecular flexibility index (Phi) is 6.22. The fourth-order valence-corrected chi connectivity index (χ4v) is 3.50. The number of hydrogen-bond acceptors (Lipinski definition) is 2. The van der Waals surface area contributed by atoms with Crippen molar-refractivity contribution in [2.24, 2.45) is 0 Å². The molecule has 1 heterocycles. The molecule has 2 heteroatoms. The molecule has 0 aromatic heterocycles. The number of piperidine rings is 1. The minimum Gasteiger partial charge on any atom is -0.320 e. The Labute approximate surface area is 113 Å². The smallest absolute Gasteiger partial charge is 0.0281 e. The van der Waals surface area contributed by atoms with Crippen molar-refractivity contribution < 1.29 is 0 Å². The molecule has 1 fully saturated rings. The van der Waals surface area contributed by atoms with Crippen molar-refractivity contribution in [2.45, 2.75) is 69.9 Å². The summed E-state index contributed by atoms with van der Waals surface area (Å²) < 4.78 is 0. The molecule has 0 aromatic carbocycles. The molecule has 1 saturated heterocycles. The molecule has 1 N–H and O–H groups in total. The van der Waals surface area contributed by atoms with Crippen LogP contribution >= 0.6 is 0 Å². The topological polar surface area (TPSA) is 15.3 Å². The third-order valence-corrected chi connectivity index (χ3v) is 4.56. The minimum absolute atomic E-state index is 0.729. The second kappa shape index (κ2) is 7.96. The van der Waals surface area contributed by atoms with Crippen molar-refractivity contribution in [3.8, 4) is 0 Å². The summed E-state index contributed by atoms with van der Waals surface area (Å²) in [6, 6.07) is 1.55. The minimum atomic E-state index is 0.729. The summed E-state index contributed by atoms with van der Waals surface area (Å²) >= 11 is 0. The second-order valence-corrected chi connectivity index (χ2v) is 5.91. The first-order valence-electron chi connectivity index (χ1n) is 7.99. The molecule has 0 bridgehead atoms. The molecular weight excluding hydrogens is 220 g/mol. The van der Waals surface area contributed by atoms with Gasteiger partial charge in [-0.25, -0.2) is 0 Å². The summed E-state index contributed by atoms with van der Waals surface area (Å²) in [5.74, 6) is 0. The molecule has 18 heavy (non-hydrogen) atoms. The number of nitrogens with zero attached hydrogens (tertiary/aromatic N) is 1. The Morgan fingerprint density at radius 1 is 1.11 bits per heavy atom. The highest BCUT2D eigenvalue weighted by Gasteiger charge is 2.26. The van der Waals surface area contributed by atoms with Crippen LogP contribution in [0.1, 0.15) is 57.8 Å². The van der Waals surface area contributed by atoms with Crippen LogP contribution in [0.25, 0.3) is 0 Å². The molecule has 0 radical (unpaired) electrons. The second-order valence-electron chi connectivity index (χ2n) is 5.91. The van der Waals surface area contributed by atoms with Gasteiger partial charge in [0.15, 0.2) is 0 Å². The van der Waals surface area contributed by atoms with Gasteiger partial charge in [0.05, 0.1) is 0 Å². The van der Waals surface area contributed by atoms with E-state index in [-0.39, 0.29) is 0 Å². The number of likely N-dealkylation sites (tertiary alicyclic amines) is 1. The molecule has 2 atom stereocenters. The van der Waals surface area contributed by atoms with Gasteiger partial charge in [-0.2, -0.15) is 0 Å². The molecule has 0 aromatic rings. The third-order valence-electron chi connectivity index (χ3n) is 4.56. The zero-order valence-corrected chi connectivity index (χ0v) is 12.0. The highest BCUT2D eigenvalue weighted by atomic mass is 15.2. The lowest BCUT2D eigenvalue weighted by Crippen LogP contribution is -2.46. The number of allylic oxidation sites excluding steroid dienone is 1. The zero-order valence-electron chi connectivity index (χ0n) is 12.0. The van der Waals surface area contributed by atoms with Gasteiger partial charge in [0, 0.05) is 12.1 Å². The van der Waals surface area contributed by atoms with Gasteiger partial charge in [0.2, 0.25) is 0 Å². The first-order chi connectivity index (χ1) is 8.92. The van der Waals surface area contributed by atoms with Crippen molar-refractivity contribution in [1.29, 1.82) is 0 Å². The molecule has 1 aliphatic carbocycles. The third kappa shape index (κ3) is 4.10. The molecule has 2 unspecified atom stereocenters. The van der Waals surface area contributed by atoms with E-state index in [1.165, 1.54) is 64.3 Å². The van der Waals surface area contributed by atoms with Crippen LogP contribution in [0, 0.1) is 0 Å². The molecular formula is C16H30N2. The van der Waals surface area contributed by atoms with Gasteiger partial charge in [-0.1, -0.05) is 31.4 Å². The number of rotatable bonds is 4. The Morgan fingerprint density at radius 2 is 2.00 bits per heavy atom. The van der Waals surface area contributed by atoms with Crippen LogP contribution in [0.5, 0.6) is 0 Å². The fourth-order valence-electron chi connectivity index (χ4n) is 3.50. The standard InChI is InChI=1S/C16H30N2/c1-17-13-12-16-11-7-8-14-18(16)15-9-5-3-2-4-6-10-15/h5,9,15-17H,2-4,6-8,10-14H2,1H3/b9-5+. The summed E-state index contributed by atoms with van der Waals surface area (Å²) in [7, 11) is 2.07. The first kappa shape index (κ1) is 14.1. The van der Waals surface area contributed by atoms with Crippen LogP contribution in [0.15, 0.2) is 12.2 Å². The van der Waals surface area contributed by atoms with Crippen molar-refractivity contribution in [1.82, 2.24) is 10.2 Å². The van der Waals surface area contributed by atoms with Gasteiger partial charge in [0.25, 0.3) is 0 Å². The predicted octanol–water partition coefficient (Wildman–Crippen LogP) is 3.34. The fraction of sp³-hybridized carbons (Fsp3) is 0.875. The highest BCUT2D eigenvalue weighted by molar-refractivity contribution is 4.98. The van der Waals surface area contributed by atoms with Crippen LogP contribution < -0.4 is 5.32 Å². The van der Waals surface area contributed by atoms with Crippen LogP contribution in [-0.2, 0) is 0 Å². The largest absolute Gasteiger partial charge is 0.320 e. The van der Waals surface area contributed by atoms with Gasteiger partial charge < -0.3 is 5.32 Å². The quantitative estimate of drug-likeness (QED) is 0.770. The van der Waals surface area contributed by atoms with Gasteiger partial charge in [-0.05, 0) is 58.7 Å². The van der Waals surface area contributed by atoms with Gasteiger partial charge >= 0.3 is 0 Å². The molecule has 2 rings (SSSR count). The van der Waals surface area contributed by atoms with E-state index >= 15 is 0 Å². The molecule has 0 spiro atoms. The SMILES string of the molecule is CNCCC1CCCCN1C1/C=C/CCCCC1. The van der Waals surface area contributed by atoms with E-state index in [2.05, 4.69) is 29.4 Å². The summed E-state index contributed by atoms with van der Waals surface area (Å²) in [5.41, 5.74) is 0. The lowest BCUT2D eigenvalue weighted by molar-refractivity contribution is 0.104. The molecule has 0 saturated carbocycles. The van der Waals surface area contributed by atoms with E-state index in [1.54, 1.807) is 0 Å². The molecule has 1 aliphatic heterocycles. The Morgan fingerprint density at radius 3 is 2.89 bits per heavy atom. The molecule has 2 aliphatic rings. The zero-order chi connectivity index (χ0) is 12.6. The van der Waals surface area contributed by atoms with Gasteiger partial charge in [0.1, 0.15) is 0 Å². The maximum atomic E-state index is 3.32. The summed E-state index contributed by atoms with van der Waals surface area (Å²) in [5, 5.41) is 3.32. The van der Waals surface area contributed by atoms with E-state index in [0.717, 1.165) is 18.6 Å². The van der Waals surface area contributed by atoms with Crippen molar-refractivity contribution in [2.75, 3.05) is 20.1 Å². The Bertz CT molecular complexity index is 249. The Balaban J connectivity index is 1.94. The van der Waals surface area contributed by atoms with Crippen LogP contribution in [0.2, 0.25) is 0 Å². The van der Waals surface area contributed by atoms with Crippen LogP contribution in [0.3, 0.4) is 0 Å². The van der Waals surface area contributed by atoms with Crippen molar-refractivity contribution >= 4 is 0 Å². The van der Waals surface area contributed by atoms with Crippen LogP contribution in [-0.4, -0.2) is 37.1 Å².